The molecule has 0 fully saturated rings. The molecule has 2 aromatic heterocycles. The molecule has 10 aromatic rings. The number of aromatic nitrogens is 2. The molecule has 65 heavy (non-hydrogen) atoms. The Morgan fingerprint density at radius 1 is 0.431 bits per heavy atom. The number of phenols is 2. The third-order valence-electron chi connectivity index (χ3n) is 12.9. The van der Waals surface area contributed by atoms with Gasteiger partial charge >= 0.3 is 0 Å². The van der Waals surface area contributed by atoms with Gasteiger partial charge in [-0.25, -0.2) is 0 Å². The molecule has 0 aliphatic carbocycles. The summed E-state index contributed by atoms with van der Waals surface area (Å²) >= 11 is 0. The Hall–Kier alpha value is -7.44. The van der Waals surface area contributed by atoms with Gasteiger partial charge in [0.2, 0.25) is 0 Å². The van der Waals surface area contributed by atoms with Crippen LogP contribution in [-0.2, 0) is 12.8 Å². The highest BCUT2D eigenvalue weighted by Gasteiger charge is 2.24. The van der Waals surface area contributed by atoms with Gasteiger partial charge in [0.25, 0.3) is 0 Å². The summed E-state index contributed by atoms with van der Waals surface area (Å²) in [6, 6.07) is 54.3. The topological polar surface area (TPSA) is 68.8 Å². The summed E-state index contributed by atoms with van der Waals surface area (Å²) in [6.07, 6.45) is 1.79. The van der Waals surface area contributed by atoms with Gasteiger partial charge in [-0.15, -0.1) is 0 Å². The van der Waals surface area contributed by atoms with Crippen LogP contribution in [0, 0.1) is 13.8 Å². The minimum absolute atomic E-state index is 0.202. The predicted molar refractivity (Wildman–Crippen MR) is 269 cm³/mol. The van der Waals surface area contributed by atoms with Crippen LogP contribution in [0.2, 0.25) is 0 Å². The molecule has 2 N–H and O–H groups in total. The van der Waals surface area contributed by atoms with E-state index in [4.69, 9.17) is 9.47 Å². The molecule has 0 saturated carbocycles. The van der Waals surface area contributed by atoms with E-state index in [0.717, 1.165) is 112 Å². The number of hydrogen-bond donors (Lipinski definition) is 2. The van der Waals surface area contributed by atoms with E-state index in [1.165, 1.54) is 0 Å². The first-order valence-electron chi connectivity index (χ1n) is 22.9. The number of para-hydroxylation sites is 4. The molecule has 2 heterocycles. The molecule has 6 nitrogen and oxygen atoms in total. The van der Waals surface area contributed by atoms with Crippen LogP contribution in [0.1, 0.15) is 56.4 Å². The van der Waals surface area contributed by atoms with E-state index in [-0.39, 0.29) is 23.7 Å². The molecular formula is C59H54N2O4. The molecule has 0 spiro atoms. The summed E-state index contributed by atoms with van der Waals surface area (Å²) in [5.41, 5.74) is 13.1. The van der Waals surface area contributed by atoms with Gasteiger partial charge in [0, 0.05) is 50.2 Å². The zero-order chi connectivity index (χ0) is 44.9. The Morgan fingerprint density at radius 2 is 0.769 bits per heavy atom. The lowest BCUT2D eigenvalue weighted by molar-refractivity contribution is 0.131. The number of nitrogens with zero attached hydrogens (tertiary/aromatic N) is 2. The number of fused-ring (bicyclic) bond motifs is 6. The van der Waals surface area contributed by atoms with E-state index in [2.05, 4.69) is 172 Å². The summed E-state index contributed by atoms with van der Waals surface area (Å²) < 4.78 is 18.0. The second-order valence-electron chi connectivity index (χ2n) is 17.6. The molecule has 0 bridgehead atoms. The average molecular weight is 855 g/mol. The van der Waals surface area contributed by atoms with Crippen molar-refractivity contribution >= 4 is 43.6 Å². The fourth-order valence-electron chi connectivity index (χ4n) is 9.85. The Kier molecular flexibility index (Phi) is 10.8. The highest BCUT2D eigenvalue weighted by Crippen LogP contribution is 2.46. The van der Waals surface area contributed by atoms with Crippen LogP contribution in [0.3, 0.4) is 0 Å². The van der Waals surface area contributed by atoms with Crippen LogP contribution in [0.5, 0.6) is 23.0 Å². The zero-order valence-corrected chi connectivity index (χ0v) is 37.9. The van der Waals surface area contributed by atoms with E-state index in [1.54, 1.807) is 0 Å². The van der Waals surface area contributed by atoms with Gasteiger partial charge in [-0.2, -0.15) is 0 Å². The van der Waals surface area contributed by atoms with Crippen molar-refractivity contribution in [3.63, 3.8) is 0 Å². The van der Waals surface area contributed by atoms with Crippen molar-refractivity contribution in [2.24, 2.45) is 0 Å². The van der Waals surface area contributed by atoms with Crippen molar-refractivity contribution < 1.29 is 19.7 Å². The second-order valence-corrected chi connectivity index (χ2v) is 17.6. The maximum absolute atomic E-state index is 12.3. The quantitative estimate of drug-likeness (QED) is 0.128. The predicted octanol–water partition coefficient (Wildman–Crippen LogP) is 15.0. The Morgan fingerprint density at radius 3 is 1.11 bits per heavy atom. The van der Waals surface area contributed by atoms with Gasteiger partial charge in [0.05, 0.1) is 45.6 Å². The first kappa shape index (κ1) is 41.6. The molecule has 324 valence electrons. The molecule has 2 atom stereocenters. The van der Waals surface area contributed by atoms with Crippen molar-refractivity contribution in [2.45, 2.75) is 73.0 Å². The van der Waals surface area contributed by atoms with E-state index >= 15 is 0 Å². The van der Waals surface area contributed by atoms with E-state index < -0.39 is 0 Å². The standard InChI is InChI=1S/C59H54N2O4/c1-7-40-25-27-56(46(34-40)48-29-36(3)31-54(58(48)62)60-50-21-13-9-17-42(50)43-18-10-14-22-51(43)60)64-38(5)33-39(6)65-57-28-26-41(8-2)35-47(57)49-30-37(4)32-55(59(49)63)61-52-23-15-11-19-44(52)45-20-12-16-24-53(45)61/h9-32,34-35,38-39,62-63H,7-8,33H2,1-6H3. The van der Waals surface area contributed by atoms with Gasteiger partial charge in [-0.1, -0.05) is 98.8 Å². The number of hydrogen-bond acceptors (Lipinski definition) is 4. The van der Waals surface area contributed by atoms with Crippen molar-refractivity contribution in [2.75, 3.05) is 0 Å². The smallest absolute Gasteiger partial charge is 0.147 e. The van der Waals surface area contributed by atoms with Crippen LogP contribution >= 0.6 is 0 Å². The maximum atomic E-state index is 12.3. The van der Waals surface area contributed by atoms with Gasteiger partial charge in [0.15, 0.2) is 0 Å². The van der Waals surface area contributed by atoms with Gasteiger partial charge in [0.1, 0.15) is 23.0 Å². The van der Waals surface area contributed by atoms with Crippen molar-refractivity contribution in [3.8, 4) is 56.6 Å². The maximum Gasteiger partial charge on any atom is 0.147 e. The summed E-state index contributed by atoms with van der Waals surface area (Å²) in [4.78, 5) is 0. The fourth-order valence-corrected chi connectivity index (χ4v) is 9.85. The summed E-state index contributed by atoms with van der Waals surface area (Å²) in [5.74, 6) is 1.80. The molecule has 0 saturated heterocycles. The third-order valence-corrected chi connectivity index (χ3v) is 12.9. The van der Waals surface area contributed by atoms with Crippen molar-refractivity contribution in [1.82, 2.24) is 9.13 Å². The van der Waals surface area contributed by atoms with Crippen LogP contribution < -0.4 is 9.47 Å². The molecule has 0 amide bonds. The highest BCUT2D eigenvalue weighted by molar-refractivity contribution is 6.10. The monoisotopic (exact) mass is 854 g/mol. The molecule has 0 radical (unpaired) electrons. The molecule has 0 aliphatic rings. The highest BCUT2D eigenvalue weighted by atomic mass is 16.5. The van der Waals surface area contributed by atoms with E-state index in [1.807, 2.05) is 36.4 Å². The van der Waals surface area contributed by atoms with Gasteiger partial charge in [-0.3, -0.25) is 0 Å². The number of benzene rings is 8. The normalized spacial score (nSPS) is 12.6. The van der Waals surface area contributed by atoms with Gasteiger partial charge in [-0.05, 0) is 136 Å². The first-order chi connectivity index (χ1) is 31.6. The third kappa shape index (κ3) is 7.43. The van der Waals surface area contributed by atoms with Crippen LogP contribution in [0.15, 0.2) is 158 Å². The van der Waals surface area contributed by atoms with Crippen LogP contribution in [0.4, 0.5) is 0 Å². The SMILES string of the molecule is CCc1ccc(OC(C)CC(C)Oc2ccc(CC)cc2-c2cc(C)cc(-n3c4ccccc4c4ccccc43)c2O)c(-c2cc(C)cc(-n3c4ccccc4c4ccccc43)c2O)c1. The number of aromatic hydroxyl groups is 2. The molecule has 6 heteroatoms. The molecule has 10 rings (SSSR count). The summed E-state index contributed by atoms with van der Waals surface area (Å²) in [6.45, 7) is 12.6. The number of rotatable bonds is 12. The van der Waals surface area contributed by atoms with Crippen molar-refractivity contribution in [3.05, 3.63) is 180 Å². The Bertz CT molecular complexity index is 3100. The van der Waals surface area contributed by atoms with Crippen LogP contribution in [0.25, 0.3) is 77.2 Å². The summed E-state index contributed by atoms with van der Waals surface area (Å²) in [5, 5.41) is 29.2. The lowest BCUT2D eigenvalue weighted by atomic mass is 9.97. The fraction of sp³-hybridized carbons (Fsp3) is 0.186. The summed E-state index contributed by atoms with van der Waals surface area (Å²) in [7, 11) is 0. The second kappa shape index (κ2) is 16.9. The lowest BCUT2D eigenvalue weighted by Crippen LogP contribution is -2.23. The zero-order valence-electron chi connectivity index (χ0n) is 37.9. The minimum atomic E-state index is -0.243. The average Bonchev–Trinajstić information content (AvgIpc) is 3.83. The molecular weight excluding hydrogens is 801 g/mol. The molecule has 2 unspecified atom stereocenters. The number of phenolic OH excluding ortho intramolecular Hbond substituents is 2. The lowest BCUT2D eigenvalue weighted by Gasteiger charge is -2.24. The van der Waals surface area contributed by atoms with E-state index in [0.29, 0.717) is 17.9 Å². The Balaban J connectivity index is 0.970. The van der Waals surface area contributed by atoms with Crippen molar-refractivity contribution in [1.29, 1.82) is 0 Å². The van der Waals surface area contributed by atoms with Gasteiger partial charge < -0.3 is 28.8 Å². The molecule has 0 aliphatic heterocycles. The van der Waals surface area contributed by atoms with Crippen LogP contribution in [-0.4, -0.2) is 31.6 Å². The molecule has 8 aromatic carbocycles. The number of aryl methyl sites for hydroxylation is 4. The van der Waals surface area contributed by atoms with E-state index in [9.17, 15) is 10.2 Å². The number of ether oxygens (including phenoxy) is 2. The minimum Gasteiger partial charge on any atom is -0.505 e. The first-order valence-corrected chi connectivity index (χ1v) is 22.9. The Labute approximate surface area is 380 Å². The largest absolute Gasteiger partial charge is 0.505 e.